The van der Waals surface area contributed by atoms with Crippen molar-refractivity contribution in [2.45, 2.75) is 13.0 Å². The first-order chi connectivity index (χ1) is 17.9. The largest absolute Gasteiger partial charge is 0.507 e. The standard InChI is InChI=1S/C28H23NO8/c1-16(30)37-21-8-3-17(4-9-21)25-24(26(31)18-5-12-22-23(15-18)36-14-13-35-22)27(32)28(33)29(25)19-6-10-20(34-2)11-7-19/h3-12,15,25,31H,13-14H2,1-2H3/b26-24-. The fraction of sp³-hybridized carbons (Fsp3) is 0.179. The summed E-state index contributed by atoms with van der Waals surface area (Å²) in [7, 11) is 1.53. The van der Waals surface area contributed by atoms with Crippen molar-refractivity contribution in [3.05, 3.63) is 83.4 Å². The van der Waals surface area contributed by atoms with Gasteiger partial charge in [0.15, 0.2) is 11.5 Å². The van der Waals surface area contributed by atoms with Crippen molar-refractivity contribution < 1.29 is 38.4 Å². The number of carbonyl (C=O) groups is 3. The smallest absolute Gasteiger partial charge is 0.308 e. The van der Waals surface area contributed by atoms with Gasteiger partial charge in [-0.1, -0.05) is 12.1 Å². The lowest BCUT2D eigenvalue weighted by atomic mass is 9.95. The molecule has 0 bridgehead atoms. The number of hydrogen-bond donors (Lipinski definition) is 1. The number of nitrogens with zero attached hydrogens (tertiary/aromatic N) is 1. The minimum Gasteiger partial charge on any atom is -0.507 e. The van der Waals surface area contributed by atoms with Crippen LogP contribution in [0.15, 0.2) is 72.3 Å². The summed E-state index contributed by atoms with van der Waals surface area (Å²) in [6.45, 7) is 2.06. The second-order valence-electron chi connectivity index (χ2n) is 8.39. The highest BCUT2D eigenvalue weighted by Gasteiger charge is 2.47. The maximum absolute atomic E-state index is 13.4. The van der Waals surface area contributed by atoms with Gasteiger partial charge in [-0.15, -0.1) is 0 Å². The molecular formula is C28H23NO8. The van der Waals surface area contributed by atoms with Crippen LogP contribution in [-0.4, -0.2) is 43.1 Å². The molecule has 2 aliphatic heterocycles. The molecule has 0 saturated carbocycles. The van der Waals surface area contributed by atoms with Crippen LogP contribution < -0.4 is 23.8 Å². The maximum Gasteiger partial charge on any atom is 0.308 e. The van der Waals surface area contributed by atoms with Gasteiger partial charge in [0.1, 0.15) is 30.5 Å². The van der Waals surface area contributed by atoms with Crippen molar-refractivity contribution in [3.8, 4) is 23.0 Å². The van der Waals surface area contributed by atoms with Gasteiger partial charge in [-0.3, -0.25) is 19.3 Å². The molecule has 1 N–H and O–H groups in total. The first kappa shape index (κ1) is 23.9. The average molecular weight is 501 g/mol. The molecule has 3 aromatic rings. The van der Waals surface area contributed by atoms with E-state index in [-0.39, 0.29) is 11.3 Å². The van der Waals surface area contributed by atoms with Crippen LogP contribution >= 0.6 is 0 Å². The van der Waals surface area contributed by atoms with E-state index in [0.29, 0.717) is 53.0 Å². The number of esters is 1. The number of benzene rings is 3. The molecule has 9 heteroatoms. The normalized spacial score (nSPS) is 18.0. The molecule has 3 aromatic carbocycles. The molecule has 37 heavy (non-hydrogen) atoms. The number of anilines is 1. The Morgan fingerprint density at radius 1 is 0.919 bits per heavy atom. The molecule has 1 atom stereocenters. The van der Waals surface area contributed by atoms with Gasteiger partial charge in [-0.2, -0.15) is 0 Å². The van der Waals surface area contributed by atoms with Crippen molar-refractivity contribution in [2.24, 2.45) is 0 Å². The lowest BCUT2D eigenvalue weighted by Crippen LogP contribution is -2.29. The zero-order valence-corrected chi connectivity index (χ0v) is 20.1. The fourth-order valence-corrected chi connectivity index (χ4v) is 4.39. The van der Waals surface area contributed by atoms with Crippen LogP contribution in [0.4, 0.5) is 5.69 Å². The lowest BCUT2D eigenvalue weighted by molar-refractivity contribution is -0.132. The molecule has 0 radical (unpaired) electrons. The number of aliphatic hydroxyl groups is 1. The van der Waals surface area contributed by atoms with Crippen molar-refractivity contribution in [1.82, 2.24) is 0 Å². The summed E-state index contributed by atoms with van der Waals surface area (Å²) >= 11 is 0. The van der Waals surface area contributed by atoms with Gasteiger partial charge >= 0.3 is 5.97 Å². The van der Waals surface area contributed by atoms with Crippen LogP contribution in [0.2, 0.25) is 0 Å². The summed E-state index contributed by atoms with van der Waals surface area (Å²) < 4.78 is 21.5. The maximum atomic E-state index is 13.4. The molecule has 0 aromatic heterocycles. The van der Waals surface area contributed by atoms with E-state index in [1.165, 1.54) is 18.9 Å². The Labute approximate surface area is 212 Å². The zero-order chi connectivity index (χ0) is 26.1. The van der Waals surface area contributed by atoms with Crippen LogP contribution in [0.3, 0.4) is 0 Å². The Bertz CT molecular complexity index is 1410. The number of ether oxygens (including phenoxy) is 4. The molecule has 1 fully saturated rings. The van der Waals surface area contributed by atoms with Crippen LogP contribution in [0.25, 0.3) is 5.76 Å². The Morgan fingerprint density at radius 2 is 1.57 bits per heavy atom. The highest BCUT2D eigenvalue weighted by molar-refractivity contribution is 6.51. The van der Waals surface area contributed by atoms with Crippen molar-refractivity contribution in [2.75, 3.05) is 25.2 Å². The van der Waals surface area contributed by atoms with Gasteiger partial charge in [0.25, 0.3) is 11.7 Å². The Balaban J connectivity index is 1.64. The number of aliphatic hydroxyl groups excluding tert-OH is 1. The highest BCUT2D eigenvalue weighted by Crippen LogP contribution is 2.43. The van der Waals surface area contributed by atoms with E-state index >= 15 is 0 Å². The van der Waals surface area contributed by atoms with Gasteiger partial charge in [-0.05, 0) is 60.2 Å². The van der Waals surface area contributed by atoms with E-state index in [1.54, 1.807) is 66.7 Å². The summed E-state index contributed by atoms with van der Waals surface area (Å²) in [6.07, 6.45) is 0. The minimum absolute atomic E-state index is 0.0854. The number of carbonyl (C=O) groups excluding carboxylic acids is 3. The Morgan fingerprint density at radius 3 is 2.22 bits per heavy atom. The third kappa shape index (κ3) is 4.47. The number of fused-ring (bicyclic) bond motifs is 1. The van der Waals surface area contributed by atoms with Gasteiger partial charge in [0.05, 0.1) is 18.7 Å². The number of hydrogen-bond acceptors (Lipinski definition) is 8. The SMILES string of the molecule is COc1ccc(N2C(=O)C(=O)/C(=C(\O)c3ccc4c(c3)OCCO4)C2c2ccc(OC(C)=O)cc2)cc1. The first-order valence-corrected chi connectivity index (χ1v) is 11.5. The zero-order valence-electron chi connectivity index (χ0n) is 20.1. The second-order valence-corrected chi connectivity index (χ2v) is 8.39. The lowest BCUT2D eigenvalue weighted by Gasteiger charge is -2.26. The quantitative estimate of drug-likeness (QED) is 0.184. The van der Waals surface area contributed by atoms with E-state index in [0.717, 1.165) is 0 Å². The molecular weight excluding hydrogens is 478 g/mol. The summed E-state index contributed by atoms with van der Waals surface area (Å²) in [5, 5.41) is 11.4. The average Bonchev–Trinajstić information content (AvgIpc) is 3.18. The molecule has 0 aliphatic carbocycles. The van der Waals surface area contributed by atoms with E-state index in [4.69, 9.17) is 18.9 Å². The van der Waals surface area contributed by atoms with Gasteiger partial charge in [0.2, 0.25) is 0 Å². The number of Topliss-reactive ketones (excluding diaryl/α,β-unsaturated/α-hetero) is 1. The first-order valence-electron chi connectivity index (χ1n) is 11.5. The second kappa shape index (κ2) is 9.69. The Kier molecular flexibility index (Phi) is 6.27. The number of rotatable bonds is 5. The van der Waals surface area contributed by atoms with Gasteiger partial charge in [-0.25, -0.2) is 0 Å². The van der Waals surface area contributed by atoms with Crippen LogP contribution in [-0.2, 0) is 14.4 Å². The fourth-order valence-electron chi connectivity index (χ4n) is 4.39. The van der Waals surface area contributed by atoms with E-state index in [2.05, 4.69) is 0 Å². The molecule has 2 heterocycles. The summed E-state index contributed by atoms with van der Waals surface area (Å²) in [6, 6.07) is 17.0. The molecule has 5 rings (SSSR count). The molecule has 0 spiro atoms. The van der Waals surface area contributed by atoms with Gasteiger partial charge in [0, 0.05) is 18.2 Å². The molecule has 188 valence electrons. The third-order valence-corrected chi connectivity index (χ3v) is 6.07. The van der Waals surface area contributed by atoms with E-state index in [9.17, 15) is 19.5 Å². The van der Waals surface area contributed by atoms with E-state index < -0.39 is 23.7 Å². The molecule has 2 aliphatic rings. The van der Waals surface area contributed by atoms with E-state index in [1.807, 2.05) is 0 Å². The molecule has 1 unspecified atom stereocenters. The van der Waals surface area contributed by atoms with Crippen LogP contribution in [0, 0.1) is 0 Å². The van der Waals surface area contributed by atoms with Crippen molar-refractivity contribution in [3.63, 3.8) is 0 Å². The minimum atomic E-state index is -0.951. The number of ketones is 1. The number of methoxy groups -OCH3 is 1. The van der Waals surface area contributed by atoms with Crippen molar-refractivity contribution in [1.29, 1.82) is 0 Å². The predicted molar refractivity (Wildman–Crippen MR) is 133 cm³/mol. The van der Waals surface area contributed by atoms with Gasteiger partial charge < -0.3 is 24.1 Å². The predicted octanol–water partition coefficient (Wildman–Crippen LogP) is 4.02. The molecule has 1 saturated heterocycles. The van der Waals surface area contributed by atoms with Crippen LogP contribution in [0.1, 0.15) is 24.1 Å². The monoisotopic (exact) mass is 501 g/mol. The third-order valence-electron chi connectivity index (χ3n) is 6.07. The van der Waals surface area contributed by atoms with Crippen molar-refractivity contribution >= 4 is 29.1 Å². The van der Waals surface area contributed by atoms with Crippen LogP contribution in [0.5, 0.6) is 23.0 Å². The Hall–Kier alpha value is -4.79. The molecule has 9 nitrogen and oxygen atoms in total. The molecule has 1 amide bonds. The highest BCUT2D eigenvalue weighted by atomic mass is 16.6. The topological polar surface area (TPSA) is 112 Å². The number of amides is 1. The summed E-state index contributed by atoms with van der Waals surface area (Å²) in [4.78, 5) is 39.3. The summed E-state index contributed by atoms with van der Waals surface area (Å²) in [5.41, 5.74) is 1.19. The summed E-state index contributed by atoms with van der Waals surface area (Å²) in [5.74, 6) is -0.601.